The van der Waals surface area contributed by atoms with E-state index in [9.17, 15) is 9.70 Å². The van der Waals surface area contributed by atoms with Crippen LogP contribution in [-0.4, -0.2) is 22.8 Å². The van der Waals surface area contributed by atoms with Crippen LogP contribution in [0, 0.1) is 4.91 Å². The molecule has 0 radical (unpaired) electrons. The number of nitrogens with one attached hydrogen (secondary N) is 1. The lowest BCUT2D eigenvalue weighted by atomic mass is 10.1. The van der Waals surface area contributed by atoms with Crippen LogP contribution in [0.3, 0.4) is 0 Å². The van der Waals surface area contributed by atoms with E-state index in [2.05, 4.69) is 10.4 Å². The van der Waals surface area contributed by atoms with E-state index in [0.29, 0.717) is 11.4 Å². The highest BCUT2D eigenvalue weighted by molar-refractivity contribution is 6.30. The SMILES string of the molecule is COc1ccc(-n2nc(CCC(=O)NN=O)cc2-c2ccc(Cl)cc2)cc1. The molecule has 2 aromatic carbocycles. The summed E-state index contributed by atoms with van der Waals surface area (Å²) in [6.07, 6.45) is 0.497. The number of carbonyl (C=O) groups excluding carboxylic acids is 1. The summed E-state index contributed by atoms with van der Waals surface area (Å²) in [6, 6.07) is 16.9. The summed E-state index contributed by atoms with van der Waals surface area (Å²) in [7, 11) is 1.61. The van der Waals surface area contributed by atoms with Crippen molar-refractivity contribution < 1.29 is 9.53 Å². The van der Waals surface area contributed by atoms with E-state index in [0.717, 1.165) is 28.4 Å². The van der Waals surface area contributed by atoms with Gasteiger partial charge in [0.15, 0.2) is 0 Å². The zero-order valence-electron chi connectivity index (χ0n) is 14.6. The summed E-state index contributed by atoms with van der Waals surface area (Å²) in [6.45, 7) is 0. The fourth-order valence-corrected chi connectivity index (χ4v) is 2.77. The average Bonchev–Trinajstić information content (AvgIpc) is 3.11. The summed E-state index contributed by atoms with van der Waals surface area (Å²) in [5.41, 5.74) is 5.26. The Kier molecular flexibility index (Phi) is 5.83. The summed E-state index contributed by atoms with van der Waals surface area (Å²) < 4.78 is 7.00. The third-order valence-corrected chi connectivity index (χ3v) is 4.25. The molecule has 7 nitrogen and oxygen atoms in total. The van der Waals surface area contributed by atoms with Crippen LogP contribution in [0.2, 0.25) is 5.02 Å². The van der Waals surface area contributed by atoms with Crippen molar-refractivity contribution in [3.63, 3.8) is 0 Å². The smallest absolute Gasteiger partial charge is 0.243 e. The molecule has 0 aliphatic heterocycles. The first-order chi connectivity index (χ1) is 13.1. The van der Waals surface area contributed by atoms with Crippen LogP contribution >= 0.6 is 11.6 Å². The Morgan fingerprint density at radius 3 is 2.52 bits per heavy atom. The largest absolute Gasteiger partial charge is 0.497 e. The number of aryl methyl sites for hydroxylation is 1. The number of hydrogen-bond acceptors (Lipinski definition) is 5. The Morgan fingerprint density at radius 1 is 1.19 bits per heavy atom. The summed E-state index contributed by atoms with van der Waals surface area (Å²) in [5, 5.41) is 7.66. The van der Waals surface area contributed by atoms with Gasteiger partial charge in [-0.05, 0) is 42.5 Å². The van der Waals surface area contributed by atoms with Gasteiger partial charge in [-0.3, -0.25) is 4.79 Å². The molecule has 0 spiro atoms. The Labute approximate surface area is 160 Å². The van der Waals surface area contributed by atoms with E-state index >= 15 is 0 Å². The van der Waals surface area contributed by atoms with Gasteiger partial charge < -0.3 is 4.74 Å². The number of aromatic nitrogens is 2. The number of benzene rings is 2. The minimum Gasteiger partial charge on any atom is -0.497 e. The van der Waals surface area contributed by atoms with Crippen LogP contribution < -0.4 is 10.2 Å². The highest BCUT2D eigenvalue weighted by Crippen LogP contribution is 2.27. The Morgan fingerprint density at radius 2 is 1.89 bits per heavy atom. The standard InChI is InChI=1S/C19H17ClN4O3/c1-27-17-9-7-16(8-10-17)24-18(13-2-4-14(20)5-3-13)12-15(22-24)6-11-19(25)21-23-26/h2-5,7-10,12H,6,11H2,1H3,(H,21,25,26). The molecule has 27 heavy (non-hydrogen) atoms. The summed E-state index contributed by atoms with van der Waals surface area (Å²) in [4.78, 5) is 21.6. The van der Waals surface area contributed by atoms with Crippen molar-refractivity contribution in [1.29, 1.82) is 0 Å². The third kappa shape index (κ3) is 4.51. The van der Waals surface area contributed by atoms with Gasteiger partial charge in [0.25, 0.3) is 0 Å². The van der Waals surface area contributed by atoms with Crippen molar-refractivity contribution in [2.45, 2.75) is 12.8 Å². The van der Waals surface area contributed by atoms with Crippen LogP contribution in [0.25, 0.3) is 16.9 Å². The molecule has 138 valence electrons. The highest BCUT2D eigenvalue weighted by atomic mass is 35.5. The van der Waals surface area contributed by atoms with Gasteiger partial charge in [-0.15, -0.1) is 4.91 Å². The Balaban J connectivity index is 1.96. The first-order valence-corrected chi connectivity index (χ1v) is 8.59. The Bertz CT molecular complexity index is 937. The van der Waals surface area contributed by atoms with E-state index in [-0.39, 0.29) is 6.42 Å². The number of ether oxygens (including phenoxy) is 1. The predicted molar refractivity (Wildman–Crippen MR) is 103 cm³/mol. The van der Waals surface area contributed by atoms with Crippen LogP contribution in [0.15, 0.2) is 59.9 Å². The van der Waals surface area contributed by atoms with Gasteiger partial charge in [0.2, 0.25) is 5.91 Å². The maximum Gasteiger partial charge on any atom is 0.243 e. The Hall–Kier alpha value is -3.19. The van der Waals surface area contributed by atoms with Crippen LogP contribution in [0.5, 0.6) is 5.75 Å². The number of nitroso groups, excluding NO2 is 1. The second-order valence-corrected chi connectivity index (χ2v) is 6.20. The molecule has 3 aromatic rings. The molecule has 0 bridgehead atoms. The molecule has 0 fully saturated rings. The second kappa shape index (κ2) is 8.46. The number of halogens is 1. The van der Waals surface area contributed by atoms with Gasteiger partial charge >= 0.3 is 0 Å². The summed E-state index contributed by atoms with van der Waals surface area (Å²) >= 11 is 5.99. The molecule has 0 aliphatic carbocycles. The van der Waals surface area contributed by atoms with Crippen molar-refractivity contribution in [3.05, 3.63) is 70.2 Å². The van der Waals surface area contributed by atoms with Gasteiger partial charge in [-0.1, -0.05) is 23.7 Å². The van der Waals surface area contributed by atoms with Crippen LogP contribution in [-0.2, 0) is 11.2 Å². The minimum absolute atomic E-state index is 0.116. The molecule has 0 aliphatic rings. The van der Waals surface area contributed by atoms with Crippen LogP contribution in [0.4, 0.5) is 0 Å². The lowest BCUT2D eigenvalue weighted by Crippen LogP contribution is -2.16. The first-order valence-electron chi connectivity index (χ1n) is 8.21. The fraction of sp³-hybridized carbons (Fsp3) is 0.158. The summed E-state index contributed by atoms with van der Waals surface area (Å²) in [5.74, 6) is 0.300. The van der Waals surface area contributed by atoms with Crippen molar-refractivity contribution in [2.75, 3.05) is 7.11 Å². The number of rotatable bonds is 7. The molecule has 1 amide bonds. The monoisotopic (exact) mass is 384 g/mol. The van der Waals surface area contributed by atoms with Gasteiger partial charge in [0.1, 0.15) is 5.75 Å². The molecular weight excluding hydrogens is 368 g/mol. The molecule has 0 atom stereocenters. The molecule has 8 heteroatoms. The topological polar surface area (TPSA) is 85.6 Å². The molecule has 3 rings (SSSR count). The zero-order chi connectivity index (χ0) is 19.2. The molecule has 0 saturated carbocycles. The maximum absolute atomic E-state index is 11.5. The van der Waals surface area contributed by atoms with E-state index < -0.39 is 5.91 Å². The molecule has 1 N–H and O–H groups in total. The van der Waals surface area contributed by atoms with E-state index in [4.69, 9.17) is 16.3 Å². The van der Waals surface area contributed by atoms with Crippen molar-refractivity contribution in [1.82, 2.24) is 15.2 Å². The number of methoxy groups -OCH3 is 1. The van der Waals surface area contributed by atoms with Crippen molar-refractivity contribution in [3.8, 4) is 22.7 Å². The lowest BCUT2D eigenvalue weighted by molar-refractivity contribution is -0.121. The number of nitrogens with zero attached hydrogens (tertiary/aromatic N) is 3. The first kappa shape index (κ1) is 18.6. The average molecular weight is 385 g/mol. The second-order valence-electron chi connectivity index (χ2n) is 5.76. The van der Waals surface area contributed by atoms with Gasteiger partial charge in [0, 0.05) is 23.4 Å². The van der Waals surface area contributed by atoms with Gasteiger partial charge in [-0.2, -0.15) is 5.10 Å². The fourth-order valence-electron chi connectivity index (χ4n) is 2.65. The van der Waals surface area contributed by atoms with Crippen molar-refractivity contribution in [2.24, 2.45) is 5.29 Å². The molecule has 0 unspecified atom stereocenters. The number of carbonyl (C=O) groups is 1. The zero-order valence-corrected chi connectivity index (χ0v) is 15.3. The van der Waals surface area contributed by atoms with E-state index in [1.54, 1.807) is 11.8 Å². The quantitative estimate of drug-likeness (QED) is 0.494. The molecule has 1 aromatic heterocycles. The van der Waals surface area contributed by atoms with Gasteiger partial charge in [-0.25, -0.2) is 10.1 Å². The molecule has 0 saturated heterocycles. The predicted octanol–water partition coefficient (Wildman–Crippen LogP) is 3.93. The van der Waals surface area contributed by atoms with E-state index in [1.807, 2.05) is 60.0 Å². The van der Waals surface area contributed by atoms with Crippen LogP contribution in [0.1, 0.15) is 12.1 Å². The van der Waals surface area contributed by atoms with Gasteiger partial charge in [0.05, 0.1) is 29.5 Å². The highest BCUT2D eigenvalue weighted by Gasteiger charge is 2.13. The molecule has 1 heterocycles. The normalized spacial score (nSPS) is 10.4. The number of amides is 1. The van der Waals surface area contributed by atoms with Crippen molar-refractivity contribution >= 4 is 17.5 Å². The third-order valence-electron chi connectivity index (χ3n) is 4.00. The lowest BCUT2D eigenvalue weighted by Gasteiger charge is -2.08. The number of hydrogen-bond donors (Lipinski definition) is 1. The maximum atomic E-state index is 11.5. The molecular formula is C19H17ClN4O3. The van der Waals surface area contributed by atoms with E-state index in [1.165, 1.54) is 0 Å². The minimum atomic E-state index is -0.447.